The van der Waals surface area contributed by atoms with Crippen molar-refractivity contribution in [3.05, 3.63) is 47.5 Å². The Kier molecular flexibility index (Phi) is 5.85. The maximum atomic E-state index is 9.61. The highest BCUT2D eigenvalue weighted by atomic mass is 16.3. The van der Waals surface area contributed by atoms with Crippen LogP contribution in [0.5, 0.6) is 23.0 Å². The summed E-state index contributed by atoms with van der Waals surface area (Å²) < 4.78 is 0. The zero-order valence-electron chi connectivity index (χ0n) is 14.7. The first-order valence-electron chi connectivity index (χ1n) is 9.01. The van der Waals surface area contributed by atoms with E-state index in [9.17, 15) is 20.4 Å². The molecule has 0 saturated heterocycles. The second-order valence-corrected chi connectivity index (χ2v) is 6.91. The molecule has 0 bridgehead atoms. The normalized spacial score (nSPS) is 20.2. The number of rotatable bonds is 6. The van der Waals surface area contributed by atoms with Crippen molar-refractivity contribution < 1.29 is 20.4 Å². The molecule has 0 radical (unpaired) electrons. The average molecular weight is 358 g/mol. The first-order chi connectivity index (χ1) is 12.5. The van der Waals surface area contributed by atoms with Gasteiger partial charge in [0, 0.05) is 25.2 Å². The first kappa shape index (κ1) is 18.4. The van der Waals surface area contributed by atoms with Crippen LogP contribution < -0.4 is 10.6 Å². The van der Waals surface area contributed by atoms with Crippen molar-refractivity contribution >= 4 is 0 Å². The molecule has 0 unspecified atom stereocenters. The lowest BCUT2D eigenvalue weighted by Gasteiger charge is -2.33. The molecule has 1 fully saturated rings. The third-order valence-corrected chi connectivity index (χ3v) is 4.98. The lowest BCUT2D eigenvalue weighted by atomic mass is 9.90. The van der Waals surface area contributed by atoms with Crippen LogP contribution in [0.2, 0.25) is 0 Å². The van der Waals surface area contributed by atoms with Gasteiger partial charge in [-0.2, -0.15) is 0 Å². The fourth-order valence-corrected chi connectivity index (χ4v) is 3.48. The van der Waals surface area contributed by atoms with Gasteiger partial charge >= 0.3 is 0 Å². The van der Waals surface area contributed by atoms with Crippen LogP contribution in [-0.2, 0) is 13.1 Å². The van der Waals surface area contributed by atoms with E-state index in [4.69, 9.17) is 0 Å². The quantitative estimate of drug-likeness (QED) is 0.444. The number of hydrogen-bond donors (Lipinski definition) is 6. The van der Waals surface area contributed by atoms with Crippen LogP contribution in [0, 0.1) is 0 Å². The van der Waals surface area contributed by atoms with E-state index in [0.29, 0.717) is 25.2 Å². The van der Waals surface area contributed by atoms with E-state index in [1.165, 1.54) is 25.0 Å². The highest BCUT2D eigenvalue weighted by molar-refractivity contribution is 5.41. The molecule has 0 spiro atoms. The van der Waals surface area contributed by atoms with Gasteiger partial charge in [0.15, 0.2) is 23.0 Å². The van der Waals surface area contributed by atoms with Gasteiger partial charge in [-0.05, 0) is 48.2 Å². The van der Waals surface area contributed by atoms with Crippen molar-refractivity contribution in [2.45, 2.75) is 50.9 Å². The largest absolute Gasteiger partial charge is 0.504 e. The molecule has 0 amide bonds. The highest BCUT2D eigenvalue weighted by Gasteiger charge is 2.24. The molecular weight excluding hydrogens is 332 g/mol. The number of aromatic hydroxyl groups is 4. The molecule has 2 atom stereocenters. The third-order valence-electron chi connectivity index (χ3n) is 4.98. The van der Waals surface area contributed by atoms with Gasteiger partial charge in [-0.1, -0.05) is 25.0 Å². The summed E-state index contributed by atoms with van der Waals surface area (Å²) in [4.78, 5) is 0. The van der Waals surface area contributed by atoms with Crippen LogP contribution in [0.4, 0.5) is 0 Å². The lowest BCUT2D eigenvalue weighted by Crippen LogP contribution is -2.49. The van der Waals surface area contributed by atoms with Gasteiger partial charge in [0.2, 0.25) is 0 Å². The van der Waals surface area contributed by atoms with Crippen LogP contribution in [-0.4, -0.2) is 32.5 Å². The number of phenolic OH excluding ortho intramolecular Hbond substituents is 4. The van der Waals surface area contributed by atoms with Crippen LogP contribution in [0.3, 0.4) is 0 Å². The molecule has 0 heterocycles. The number of hydrogen-bond acceptors (Lipinski definition) is 6. The zero-order valence-corrected chi connectivity index (χ0v) is 14.7. The molecule has 1 aliphatic rings. The lowest BCUT2D eigenvalue weighted by molar-refractivity contribution is 0.281. The summed E-state index contributed by atoms with van der Waals surface area (Å²) in [5.41, 5.74) is 1.85. The molecular formula is C20H26N2O4. The average Bonchev–Trinajstić information content (AvgIpc) is 2.64. The van der Waals surface area contributed by atoms with Crippen molar-refractivity contribution in [2.75, 3.05) is 0 Å². The van der Waals surface area contributed by atoms with Crippen molar-refractivity contribution in [3.8, 4) is 23.0 Å². The maximum absolute atomic E-state index is 9.61. The van der Waals surface area contributed by atoms with Gasteiger partial charge in [-0.15, -0.1) is 0 Å². The summed E-state index contributed by atoms with van der Waals surface area (Å²) in [6.07, 6.45) is 4.50. The minimum absolute atomic E-state index is 0.102. The fraction of sp³-hybridized carbons (Fsp3) is 0.400. The van der Waals surface area contributed by atoms with Gasteiger partial charge < -0.3 is 31.1 Å². The Balaban J connectivity index is 1.56. The molecule has 2 aromatic rings. The topological polar surface area (TPSA) is 105 Å². The smallest absolute Gasteiger partial charge is 0.157 e. The molecule has 140 valence electrons. The van der Waals surface area contributed by atoms with Crippen molar-refractivity contribution in [1.82, 2.24) is 10.6 Å². The Morgan fingerprint density at radius 3 is 1.46 bits per heavy atom. The first-order valence-corrected chi connectivity index (χ1v) is 9.01. The number of phenols is 4. The van der Waals surface area contributed by atoms with Crippen LogP contribution in [0.1, 0.15) is 36.8 Å². The molecule has 2 aromatic carbocycles. The number of benzene rings is 2. The molecule has 6 N–H and O–H groups in total. The standard InChI is InChI=1S/C20H26N2O4/c23-17-7-5-13(9-19(17)25)11-21-15-3-1-2-4-16(15)22-12-14-6-8-18(24)20(26)10-14/h5-10,15-16,21-26H,1-4,11-12H2/t15-,16+. The molecule has 0 aromatic heterocycles. The molecule has 6 nitrogen and oxygen atoms in total. The SMILES string of the molecule is Oc1ccc(CN[C@H]2CCCC[C@H]2NCc2ccc(O)c(O)c2)cc1O. The summed E-state index contributed by atoms with van der Waals surface area (Å²) in [5.74, 6) is -0.421. The van der Waals surface area contributed by atoms with Gasteiger partial charge in [-0.3, -0.25) is 0 Å². The van der Waals surface area contributed by atoms with E-state index in [0.717, 1.165) is 24.0 Å². The van der Waals surface area contributed by atoms with Gasteiger partial charge in [0.1, 0.15) is 0 Å². The van der Waals surface area contributed by atoms with E-state index >= 15 is 0 Å². The minimum Gasteiger partial charge on any atom is -0.504 e. The third kappa shape index (κ3) is 4.59. The van der Waals surface area contributed by atoms with Gasteiger partial charge in [0.05, 0.1) is 0 Å². The van der Waals surface area contributed by atoms with Crippen LogP contribution in [0.25, 0.3) is 0 Å². The predicted molar refractivity (Wildman–Crippen MR) is 99.3 cm³/mol. The predicted octanol–water partition coefficient (Wildman–Crippen LogP) is 2.70. The van der Waals surface area contributed by atoms with Gasteiger partial charge in [-0.25, -0.2) is 0 Å². The summed E-state index contributed by atoms with van der Waals surface area (Å²) in [6, 6.07) is 10.4. The van der Waals surface area contributed by atoms with Crippen molar-refractivity contribution in [1.29, 1.82) is 0 Å². The monoisotopic (exact) mass is 358 g/mol. The molecule has 26 heavy (non-hydrogen) atoms. The van der Waals surface area contributed by atoms with Crippen LogP contribution in [0.15, 0.2) is 36.4 Å². The highest BCUT2D eigenvalue weighted by Crippen LogP contribution is 2.27. The van der Waals surface area contributed by atoms with Crippen molar-refractivity contribution in [3.63, 3.8) is 0 Å². The van der Waals surface area contributed by atoms with E-state index < -0.39 is 0 Å². The Labute approximate surface area is 153 Å². The summed E-state index contributed by atoms with van der Waals surface area (Å²) in [7, 11) is 0. The summed E-state index contributed by atoms with van der Waals surface area (Å²) >= 11 is 0. The molecule has 3 rings (SSSR count). The minimum atomic E-state index is -0.108. The zero-order chi connectivity index (χ0) is 18.5. The van der Waals surface area contributed by atoms with Crippen LogP contribution >= 0.6 is 0 Å². The summed E-state index contributed by atoms with van der Waals surface area (Å²) in [5, 5.41) is 45.1. The molecule has 1 saturated carbocycles. The van der Waals surface area contributed by atoms with E-state index in [1.807, 2.05) is 0 Å². The fourth-order valence-electron chi connectivity index (χ4n) is 3.48. The maximum Gasteiger partial charge on any atom is 0.157 e. The number of nitrogens with one attached hydrogen (secondary N) is 2. The Hall–Kier alpha value is -2.44. The van der Waals surface area contributed by atoms with E-state index in [2.05, 4.69) is 10.6 Å². The summed E-state index contributed by atoms with van der Waals surface area (Å²) in [6.45, 7) is 1.24. The Morgan fingerprint density at radius 2 is 1.08 bits per heavy atom. The molecule has 6 heteroatoms. The van der Waals surface area contributed by atoms with Crippen molar-refractivity contribution in [2.24, 2.45) is 0 Å². The molecule has 1 aliphatic carbocycles. The van der Waals surface area contributed by atoms with Gasteiger partial charge in [0.25, 0.3) is 0 Å². The second kappa shape index (κ2) is 8.29. The Morgan fingerprint density at radius 1 is 0.654 bits per heavy atom. The van der Waals surface area contributed by atoms with E-state index in [-0.39, 0.29) is 23.0 Å². The van der Waals surface area contributed by atoms with E-state index in [1.54, 1.807) is 24.3 Å². The second-order valence-electron chi connectivity index (χ2n) is 6.91. The molecule has 0 aliphatic heterocycles. The Bertz CT molecular complexity index is 687.